The van der Waals surface area contributed by atoms with Gasteiger partial charge in [-0.3, -0.25) is 9.48 Å². The van der Waals surface area contributed by atoms with Gasteiger partial charge in [0.05, 0.1) is 30.2 Å². The van der Waals surface area contributed by atoms with E-state index in [1.54, 1.807) is 23.0 Å². The molecule has 0 radical (unpaired) electrons. The number of ether oxygens (including phenoxy) is 1. The highest BCUT2D eigenvalue weighted by Gasteiger charge is 2.23. The Morgan fingerprint density at radius 2 is 1.95 bits per heavy atom. The number of nitrogens with one attached hydrogen (secondary N) is 2. The second-order valence-electron chi connectivity index (χ2n) is 9.81. The van der Waals surface area contributed by atoms with E-state index in [-0.39, 0.29) is 17.1 Å². The Morgan fingerprint density at radius 1 is 1.18 bits per heavy atom. The van der Waals surface area contributed by atoms with Crippen LogP contribution in [0.4, 0.5) is 27.3 Å². The summed E-state index contributed by atoms with van der Waals surface area (Å²) in [7, 11) is 7.21. The Bertz CT molecular complexity index is 1530. The van der Waals surface area contributed by atoms with Crippen molar-refractivity contribution in [3.8, 4) is 17.0 Å². The predicted octanol–water partition coefficient (Wildman–Crippen LogP) is 4.82. The van der Waals surface area contributed by atoms with E-state index in [9.17, 15) is 4.79 Å². The molecule has 10 nitrogen and oxygen atoms in total. The molecule has 210 valence electrons. The zero-order chi connectivity index (χ0) is 29.0. The van der Waals surface area contributed by atoms with Crippen molar-refractivity contribution in [1.82, 2.24) is 24.6 Å². The third kappa shape index (κ3) is 6.04. The Hall–Kier alpha value is -4.51. The first-order chi connectivity index (χ1) is 19.1. The second-order valence-corrected chi connectivity index (χ2v) is 9.81. The average molecular weight is 547 g/mol. The van der Waals surface area contributed by atoms with Crippen molar-refractivity contribution in [1.29, 1.82) is 0 Å². The normalized spacial score (nSPS) is 11.2. The van der Waals surface area contributed by atoms with Gasteiger partial charge in [-0.15, -0.1) is 0 Å². The zero-order valence-corrected chi connectivity index (χ0v) is 23.7. The maximum absolute atomic E-state index is 16.2. The third-order valence-corrected chi connectivity index (χ3v) is 6.91. The number of amides is 1. The maximum Gasteiger partial charge on any atom is 0.247 e. The van der Waals surface area contributed by atoms with Gasteiger partial charge in [0.2, 0.25) is 5.91 Å². The Balaban J connectivity index is 1.71. The number of carbonyl (C=O) groups excluding carboxylic acids is 1. The molecule has 0 spiro atoms. The molecule has 0 unspecified atom stereocenters. The summed E-state index contributed by atoms with van der Waals surface area (Å²) in [4.78, 5) is 25.0. The summed E-state index contributed by atoms with van der Waals surface area (Å²) in [6.07, 6.45) is 4.31. The van der Waals surface area contributed by atoms with Gasteiger partial charge in [0.25, 0.3) is 0 Å². The second kappa shape index (κ2) is 12.1. The van der Waals surface area contributed by atoms with Gasteiger partial charge < -0.3 is 25.2 Å². The molecule has 0 aliphatic rings. The number of hydrogen-bond acceptors (Lipinski definition) is 8. The fourth-order valence-corrected chi connectivity index (χ4v) is 4.19. The molecule has 0 saturated heterocycles. The van der Waals surface area contributed by atoms with Crippen molar-refractivity contribution in [2.45, 2.75) is 19.9 Å². The number of aryl methyl sites for hydroxylation is 1. The monoisotopic (exact) mass is 546 g/mol. The van der Waals surface area contributed by atoms with Gasteiger partial charge >= 0.3 is 0 Å². The molecule has 4 rings (SSSR count). The molecule has 40 heavy (non-hydrogen) atoms. The molecule has 0 aliphatic heterocycles. The minimum absolute atomic E-state index is 0.0128. The van der Waals surface area contributed by atoms with Crippen molar-refractivity contribution in [2.24, 2.45) is 7.05 Å². The van der Waals surface area contributed by atoms with Crippen LogP contribution in [-0.2, 0) is 11.8 Å². The van der Waals surface area contributed by atoms with E-state index < -0.39 is 11.7 Å². The number of benzene rings is 2. The summed E-state index contributed by atoms with van der Waals surface area (Å²) in [6.45, 7) is 9.05. The maximum atomic E-state index is 16.2. The van der Waals surface area contributed by atoms with Crippen LogP contribution < -0.4 is 20.3 Å². The van der Waals surface area contributed by atoms with Gasteiger partial charge in [-0.1, -0.05) is 18.7 Å². The number of aromatic nitrogens is 4. The Morgan fingerprint density at radius 3 is 2.65 bits per heavy atom. The largest absolute Gasteiger partial charge is 0.494 e. The van der Waals surface area contributed by atoms with Crippen molar-refractivity contribution < 1.29 is 13.9 Å². The molecule has 1 amide bonds. The SMILES string of the molecule is C=CC(=O)Nc1c(N(C)CCN(C)C(C)C)cc(OC)c(Nc2cc(-c3ccc4cnn(C)c4c3)ncn2)c1F. The molecule has 4 aromatic rings. The van der Waals surface area contributed by atoms with Crippen LogP contribution in [0.25, 0.3) is 22.2 Å². The van der Waals surface area contributed by atoms with Gasteiger partial charge in [-0.2, -0.15) is 5.10 Å². The summed E-state index contributed by atoms with van der Waals surface area (Å²) >= 11 is 0. The minimum Gasteiger partial charge on any atom is -0.494 e. The number of halogens is 1. The predicted molar refractivity (Wildman–Crippen MR) is 158 cm³/mol. The van der Waals surface area contributed by atoms with Crippen LogP contribution in [-0.4, -0.2) is 70.9 Å². The number of likely N-dealkylation sites (N-methyl/N-ethyl adjacent to an activating group) is 2. The molecule has 2 aromatic heterocycles. The van der Waals surface area contributed by atoms with Crippen LogP contribution in [0.2, 0.25) is 0 Å². The van der Waals surface area contributed by atoms with Crippen LogP contribution in [0, 0.1) is 5.82 Å². The number of rotatable bonds is 11. The Labute approximate surface area is 233 Å². The van der Waals surface area contributed by atoms with E-state index in [4.69, 9.17) is 4.74 Å². The number of anilines is 4. The van der Waals surface area contributed by atoms with Crippen LogP contribution in [0.1, 0.15) is 13.8 Å². The molecule has 0 atom stereocenters. The summed E-state index contributed by atoms with van der Waals surface area (Å²) in [6, 6.07) is 9.67. The summed E-state index contributed by atoms with van der Waals surface area (Å²) in [5.74, 6) is -0.610. The van der Waals surface area contributed by atoms with Gasteiger partial charge in [0.15, 0.2) is 5.82 Å². The van der Waals surface area contributed by atoms with Crippen molar-refractivity contribution in [2.75, 3.05) is 49.8 Å². The third-order valence-electron chi connectivity index (χ3n) is 6.91. The first kappa shape index (κ1) is 28.5. The van der Waals surface area contributed by atoms with Gasteiger partial charge in [0.1, 0.15) is 29.3 Å². The number of hydrogen-bond donors (Lipinski definition) is 2. The minimum atomic E-state index is -0.690. The highest BCUT2D eigenvalue weighted by molar-refractivity contribution is 6.02. The van der Waals surface area contributed by atoms with E-state index in [2.05, 4.69) is 51.0 Å². The highest BCUT2D eigenvalue weighted by atomic mass is 19.1. The molecule has 2 heterocycles. The van der Waals surface area contributed by atoms with Gasteiger partial charge in [-0.05, 0) is 33.0 Å². The number of nitrogens with zero attached hydrogens (tertiary/aromatic N) is 6. The molecule has 2 aromatic carbocycles. The Kier molecular flexibility index (Phi) is 8.64. The number of methoxy groups -OCH3 is 1. The topological polar surface area (TPSA) is 100 Å². The van der Waals surface area contributed by atoms with Gasteiger partial charge in [0, 0.05) is 56.3 Å². The van der Waals surface area contributed by atoms with E-state index >= 15 is 4.39 Å². The van der Waals surface area contributed by atoms with Crippen LogP contribution in [0.15, 0.2) is 55.5 Å². The highest BCUT2D eigenvalue weighted by Crippen LogP contribution is 2.41. The molecule has 11 heteroatoms. The summed E-state index contributed by atoms with van der Waals surface area (Å²) in [5.41, 5.74) is 2.98. The average Bonchev–Trinajstić information content (AvgIpc) is 3.33. The lowest BCUT2D eigenvalue weighted by atomic mass is 10.1. The molecular formula is C29H35FN8O2. The van der Waals surface area contributed by atoms with E-state index in [1.807, 2.05) is 44.2 Å². The van der Waals surface area contributed by atoms with Crippen molar-refractivity contribution in [3.63, 3.8) is 0 Å². The summed E-state index contributed by atoms with van der Waals surface area (Å²) < 4.78 is 23.5. The molecule has 0 fully saturated rings. The van der Waals surface area contributed by atoms with Crippen molar-refractivity contribution >= 4 is 39.7 Å². The number of carbonyl (C=O) groups is 1. The van der Waals surface area contributed by atoms with E-state index in [1.165, 1.54) is 13.4 Å². The fourth-order valence-electron chi connectivity index (χ4n) is 4.19. The first-order valence-electron chi connectivity index (χ1n) is 12.9. The van der Waals surface area contributed by atoms with E-state index in [0.717, 1.165) is 29.1 Å². The zero-order valence-electron chi connectivity index (χ0n) is 23.7. The quantitative estimate of drug-likeness (QED) is 0.258. The molecule has 2 N–H and O–H groups in total. The smallest absolute Gasteiger partial charge is 0.247 e. The lowest BCUT2D eigenvalue weighted by Crippen LogP contribution is -2.35. The molecular weight excluding hydrogens is 511 g/mol. The molecule has 0 aliphatic carbocycles. The lowest BCUT2D eigenvalue weighted by Gasteiger charge is -2.28. The fraction of sp³-hybridized carbons (Fsp3) is 0.310. The van der Waals surface area contributed by atoms with Crippen LogP contribution in [0.3, 0.4) is 0 Å². The van der Waals surface area contributed by atoms with Crippen LogP contribution in [0.5, 0.6) is 5.75 Å². The summed E-state index contributed by atoms with van der Waals surface area (Å²) in [5, 5.41) is 11.0. The standard InChI is InChI=1S/C29H35FN8O2/c1-8-26(39)35-28-23(37(5)12-11-36(4)18(2)3)15-24(40-7)29(27(28)30)34-25-14-21(31-17-32-25)19-9-10-20-16-33-38(6)22(20)13-19/h8-10,13-18H,1,11-12H2,2-7H3,(H,35,39)(H,31,32,34). The number of fused-ring (bicyclic) bond motifs is 1. The lowest BCUT2D eigenvalue weighted by molar-refractivity contribution is -0.111. The first-order valence-corrected chi connectivity index (χ1v) is 12.9. The molecule has 0 bridgehead atoms. The van der Waals surface area contributed by atoms with Crippen molar-refractivity contribution in [3.05, 3.63) is 61.3 Å². The van der Waals surface area contributed by atoms with E-state index in [0.29, 0.717) is 29.8 Å². The van der Waals surface area contributed by atoms with Gasteiger partial charge in [-0.25, -0.2) is 14.4 Å². The molecule has 0 saturated carbocycles. The van der Waals surface area contributed by atoms with Crippen LogP contribution >= 0.6 is 0 Å².